The molecule has 2 rings (SSSR count). The van der Waals surface area contributed by atoms with Gasteiger partial charge in [0.1, 0.15) is 6.23 Å². The highest BCUT2D eigenvalue weighted by atomic mass is 16.3. The Kier molecular flexibility index (Phi) is 5.80. The van der Waals surface area contributed by atoms with E-state index in [2.05, 4.69) is 35.8 Å². The summed E-state index contributed by atoms with van der Waals surface area (Å²) in [6.45, 7) is 2.12. The van der Waals surface area contributed by atoms with Gasteiger partial charge in [0.15, 0.2) is 0 Å². The van der Waals surface area contributed by atoms with Gasteiger partial charge in [0.2, 0.25) is 5.91 Å². The number of rotatable bonds is 4. The molecule has 0 aromatic carbocycles. The molecule has 3 N–H and O–H groups in total. The highest BCUT2D eigenvalue weighted by Crippen LogP contribution is 2.19. The van der Waals surface area contributed by atoms with Crippen molar-refractivity contribution in [1.82, 2.24) is 10.6 Å². The van der Waals surface area contributed by atoms with Gasteiger partial charge in [-0.25, -0.2) is 0 Å². The largest absolute Gasteiger partial charge is 0.376 e. The van der Waals surface area contributed by atoms with Gasteiger partial charge in [-0.15, -0.1) is 0 Å². The van der Waals surface area contributed by atoms with E-state index in [1.807, 2.05) is 0 Å². The van der Waals surface area contributed by atoms with Gasteiger partial charge >= 0.3 is 0 Å². The molecule has 1 heterocycles. The van der Waals surface area contributed by atoms with Crippen LogP contribution in [0.25, 0.3) is 0 Å². The molecule has 0 aromatic heterocycles. The molecule has 4 nitrogen and oxygen atoms in total. The van der Waals surface area contributed by atoms with Crippen LogP contribution in [0, 0.1) is 0 Å². The van der Waals surface area contributed by atoms with Gasteiger partial charge in [-0.3, -0.25) is 10.1 Å². The van der Waals surface area contributed by atoms with E-state index < -0.39 is 6.23 Å². The maximum Gasteiger partial charge on any atom is 0.220 e. The second-order valence-corrected chi connectivity index (χ2v) is 5.70. The Morgan fingerprint density at radius 2 is 2.25 bits per heavy atom. The van der Waals surface area contributed by atoms with Gasteiger partial charge < -0.3 is 10.4 Å². The Bertz CT molecular complexity index is 390. The zero-order chi connectivity index (χ0) is 14.4. The lowest BCUT2D eigenvalue weighted by Gasteiger charge is -2.32. The minimum absolute atomic E-state index is 0.0528. The molecule has 0 radical (unpaired) electrons. The predicted molar refractivity (Wildman–Crippen MR) is 80.1 cm³/mol. The molecular weight excluding hydrogens is 252 g/mol. The summed E-state index contributed by atoms with van der Waals surface area (Å²) in [5.74, 6) is 0.0528. The number of hydrogen-bond donors (Lipinski definition) is 3. The normalized spacial score (nSPS) is 31.2. The van der Waals surface area contributed by atoms with Crippen molar-refractivity contribution >= 4 is 5.91 Å². The number of unbranched alkanes of at least 4 members (excludes halogenated alkanes) is 1. The fourth-order valence-electron chi connectivity index (χ4n) is 2.85. The lowest BCUT2D eigenvalue weighted by atomic mass is 9.94. The summed E-state index contributed by atoms with van der Waals surface area (Å²) in [6.07, 6.45) is 12.1. The molecule has 0 spiro atoms. The quantitative estimate of drug-likeness (QED) is 0.737. The molecule has 0 bridgehead atoms. The number of nitrogens with one attached hydrogen (secondary N) is 2. The molecule has 4 heteroatoms. The van der Waals surface area contributed by atoms with Gasteiger partial charge in [-0.2, -0.15) is 0 Å². The van der Waals surface area contributed by atoms with Crippen LogP contribution in [0.3, 0.4) is 0 Å². The fraction of sp³-hybridized carbons (Fsp3) is 0.688. The zero-order valence-electron chi connectivity index (χ0n) is 12.3. The fourth-order valence-corrected chi connectivity index (χ4v) is 2.85. The minimum Gasteiger partial charge on any atom is -0.376 e. The maximum absolute atomic E-state index is 11.9. The second kappa shape index (κ2) is 7.60. The summed E-state index contributed by atoms with van der Waals surface area (Å²) in [7, 11) is 0. The van der Waals surface area contributed by atoms with Crippen molar-refractivity contribution in [3.8, 4) is 0 Å². The minimum atomic E-state index is -0.674. The van der Waals surface area contributed by atoms with Crippen molar-refractivity contribution in [2.75, 3.05) is 0 Å². The molecule has 1 aliphatic carbocycles. The number of allylic oxidation sites excluding steroid dienone is 2. The average Bonchev–Trinajstić information content (AvgIpc) is 2.47. The van der Waals surface area contributed by atoms with E-state index in [0.717, 1.165) is 38.5 Å². The standard InChI is InChI=1S/C16H26N2O2/c1-2-3-9-14-16(20)18-13(10-11-15(19)17-14)12-7-5-4-6-8-12/h5,7-8,13-14,16,18,20H,2-4,6,9-11H2,1H3,(H,17,19)/t13?,14-,16?/m0/s1. The van der Waals surface area contributed by atoms with Gasteiger partial charge in [0.25, 0.3) is 0 Å². The topological polar surface area (TPSA) is 61.4 Å². The predicted octanol–water partition coefficient (Wildman–Crippen LogP) is 2.01. The Balaban J connectivity index is 2.03. The molecule has 1 saturated heterocycles. The van der Waals surface area contributed by atoms with E-state index in [-0.39, 0.29) is 18.0 Å². The van der Waals surface area contributed by atoms with Crippen molar-refractivity contribution in [2.45, 2.75) is 70.2 Å². The van der Waals surface area contributed by atoms with Crippen LogP contribution in [-0.4, -0.2) is 29.3 Å². The Morgan fingerprint density at radius 3 is 2.95 bits per heavy atom. The van der Waals surface area contributed by atoms with Crippen LogP contribution in [0.5, 0.6) is 0 Å². The first kappa shape index (κ1) is 15.3. The van der Waals surface area contributed by atoms with Crippen LogP contribution in [0.2, 0.25) is 0 Å². The van der Waals surface area contributed by atoms with Crippen molar-refractivity contribution in [2.24, 2.45) is 0 Å². The molecule has 112 valence electrons. The SMILES string of the molecule is CCCC[C@@H]1NC(=O)CCC(C2=CCCC=C2)NC1O. The molecule has 0 saturated carbocycles. The van der Waals surface area contributed by atoms with Gasteiger partial charge in [-0.05, 0) is 31.3 Å². The maximum atomic E-state index is 11.9. The van der Waals surface area contributed by atoms with Gasteiger partial charge in [0.05, 0.1) is 6.04 Å². The van der Waals surface area contributed by atoms with Crippen LogP contribution >= 0.6 is 0 Å². The molecular formula is C16H26N2O2. The lowest BCUT2D eigenvalue weighted by molar-refractivity contribution is -0.124. The number of aliphatic hydroxyl groups excluding tert-OH is 1. The summed E-state index contributed by atoms with van der Waals surface area (Å²) in [6, 6.07) is -0.102. The first-order valence-electron chi connectivity index (χ1n) is 7.80. The van der Waals surface area contributed by atoms with Gasteiger partial charge in [-0.1, -0.05) is 38.0 Å². The summed E-state index contributed by atoms with van der Waals surface area (Å²) in [4.78, 5) is 11.9. The molecule has 2 unspecified atom stereocenters. The van der Waals surface area contributed by atoms with Crippen molar-refractivity contribution < 1.29 is 9.90 Å². The Hall–Kier alpha value is -1.13. The first-order chi connectivity index (χ1) is 9.70. The molecule has 1 amide bonds. The highest BCUT2D eigenvalue weighted by molar-refractivity contribution is 5.76. The van der Waals surface area contributed by atoms with Crippen LogP contribution in [0.4, 0.5) is 0 Å². The van der Waals surface area contributed by atoms with Crippen LogP contribution in [-0.2, 0) is 4.79 Å². The zero-order valence-corrected chi connectivity index (χ0v) is 12.3. The monoisotopic (exact) mass is 278 g/mol. The molecule has 1 fully saturated rings. The number of aliphatic hydroxyl groups is 1. The van der Waals surface area contributed by atoms with Crippen LogP contribution < -0.4 is 10.6 Å². The third-order valence-electron chi connectivity index (χ3n) is 4.05. The lowest BCUT2D eigenvalue weighted by Crippen LogP contribution is -2.55. The summed E-state index contributed by atoms with van der Waals surface area (Å²) >= 11 is 0. The van der Waals surface area contributed by atoms with Crippen LogP contribution in [0.15, 0.2) is 23.8 Å². The highest BCUT2D eigenvalue weighted by Gasteiger charge is 2.27. The molecule has 1 aliphatic heterocycles. The van der Waals surface area contributed by atoms with E-state index in [0.29, 0.717) is 6.42 Å². The van der Waals surface area contributed by atoms with Crippen molar-refractivity contribution in [3.63, 3.8) is 0 Å². The number of hydrogen-bond acceptors (Lipinski definition) is 3. The van der Waals surface area contributed by atoms with Crippen molar-refractivity contribution in [1.29, 1.82) is 0 Å². The molecule has 20 heavy (non-hydrogen) atoms. The molecule has 2 aliphatic rings. The number of carbonyl (C=O) groups is 1. The smallest absolute Gasteiger partial charge is 0.220 e. The van der Waals surface area contributed by atoms with E-state index in [4.69, 9.17) is 0 Å². The molecule has 0 aromatic rings. The van der Waals surface area contributed by atoms with E-state index in [9.17, 15) is 9.90 Å². The van der Waals surface area contributed by atoms with E-state index in [1.54, 1.807) is 0 Å². The third kappa shape index (κ3) is 4.18. The van der Waals surface area contributed by atoms with E-state index in [1.165, 1.54) is 5.57 Å². The average molecular weight is 278 g/mol. The van der Waals surface area contributed by atoms with E-state index >= 15 is 0 Å². The summed E-state index contributed by atoms with van der Waals surface area (Å²) in [5.41, 5.74) is 1.21. The van der Waals surface area contributed by atoms with Gasteiger partial charge in [0, 0.05) is 12.5 Å². The van der Waals surface area contributed by atoms with Crippen LogP contribution in [0.1, 0.15) is 51.9 Å². The first-order valence-corrected chi connectivity index (χ1v) is 7.80. The number of amides is 1. The van der Waals surface area contributed by atoms with Crippen molar-refractivity contribution in [3.05, 3.63) is 23.8 Å². The summed E-state index contributed by atoms with van der Waals surface area (Å²) in [5, 5.41) is 16.6. The second-order valence-electron chi connectivity index (χ2n) is 5.70. The Labute approximate surface area is 121 Å². The number of carbonyl (C=O) groups excluding carboxylic acids is 1. The molecule has 3 atom stereocenters. The third-order valence-corrected chi connectivity index (χ3v) is 4.05. The Morgan fingerprint density at radius 1 is 1.40 bits per heavy atom. The summed E-state index contributed by atoms with van der Waals surface area (Å²) < 4.78 is 0.